The Hall–Kier alpha value is -1.45. The van der Waals surface area contributed by atoms with Crippen LogP contribution in [0.2, 0.25) is 5.02 Å². The molecule has 4 heteroatoms. The lowest BCUT2D eigenvalue weighted by molar-refractivity contribution is 0.546. The van der Waals surface area contributed by atoms with Gasteiger partial charge < -0.3 is 5.32 Å². The third kappa shape index (κ3) is 3.75. The number of rotatable bonds is 5. The first-order valence-corrected chi connectivity index (χ1v) is 6.65. The normalized spacial score (nSPS) is 12.4. The molecule has 19 heavy (non-hydrogen) atoms. The third-order valence-corrected chi connectivity index (χ3v) is 3.27. The summed E-state index contributed by atoms with van der Waals surface area (Å²) >= 11 is 6.18. The van der Waals surface area contributed by atoms with Crippen LogP contribution >= 0.6 is 11.6 Å². The fourth-order valence-corrected chi connectivity index (χ4v) is 2.36. The molecule has 2 aromatic rings. The molecule has 0 fully saturated rings. The minimum Gasteiger partial charge on any atom is -0.310 e. The maximum absolute atomic E-state index is 13.2. The van der Waals surface area contributed by atoms with Crippen molar-refractivity contribution in [3.63, 3.8) is 0 Å². The molecule has 0 bridgehead atoms. The number of hydrogen-bond donors (Lipinski definition) is 1. The van der Waals surface area contributed by atoms with Gasteiger partial charge in [-0.25, -0.2) is 4.39 Å². The Morgan fingerprint density at radius 1 is 1.37 bits per heavy atom. The Morgan fingerprint density at radius 3 is 2.89 bits per heavy atom. The molecule has 1 unspecified atom stereocenters. The smallest absolute Gasteiger partial charge is 0.123 e. The number of halogens is 2. The molecule has 1 aromatic heterocycles. The molecule has 0 aliphatic rings. The van der Waals surface area contributed by atoms with Crippen LogP contribution < -0.4 is 5.32 Å². The van der Waals surface area contributed by atoms with Gasteiger partial charge in [0.15, 0.2) is 0 Å². The van der Waals surface area contributed by atoms with Crippen LogP contribution in [-0.2, 0) is 6.42 Å². The van der Waals surface area contributed by atoms with E-state index in [4.69, 9.17) is 11.6 Å². The summed E-state index contributed by atoms with van der Waals surface area (Å²) in [7, 11) is 0. The van der Waals surface area contributed by atoms with E-state index in [1.807, 2.05) is 19.1 Å². The van der Waals surface area contributed by atoms with Crippen LogP contribution in [0.5, 0.6) is 0 Å². The van der Waals surface area contributed by atoms with Gasteiger partial charge in [0.2, 0.25) is 0 Å². The van der Waals surface area contributed by atoms with E-state index in [2.05, 4.69) is 10.3 Å². The number of aromatic nitrogens is 1. The fraction of sp³-hybridized carbons (Fsp3) is 0.267. The molecular weight excluding hydrogens is 263 g/mol. The lowest BCUT2D eigenvalue weighted by Gasteiger charge is -2.19. The van der Waals surface area contributed by atoms with Crippen molar-refractivity contribution < 1.29 is 4.39 Å². The molecule has 100 valence electrons. The summed E-state index contributed by atoms with van der Waals surface area (Å²) in [6.45, 7) is 2.85. The minimum absolute atomic E-state index is 0.0577. The van der Waals surface area contributed by atoms with E-state index in [1.54, 1.807) is 24.5 Å². The second-order valence-electron chi connectivity index (χ2n) is 4.34. The first-order chi connectivity index (χ1) is 9.20. The van der Waals surface area contributed by atoms with Crippen molar-refractivity contribution in [1.29, 1.82) is 0 Å². The summed E-state index contributed by atoms with van der Waals surface area (Å²) in [4.78, 5) is 3.99. The molecule has 1 atom stereocenters. The zero-order chi connectivity index (χ0) is 13.7. The molecule has 1 N–H and O–H groups in total. The highest BCUT2D eigenvalue weighted by atomic mass is 35.5. The van der Waals surface area contributed by atoms with Gasteiger partial charge in [0, 0.05) is 18.4 Å². The van der Waals surface area contributed by atoms with Crippen molar-refractivity contribution in [2.75, 3.05) is 6.54 Å². The van der Waals surface area contributed by atoms with Crippen LogP contribution in [0.3, 0.4) is 0 Å². The van der Waals surface area contributed by atoms with E-state index < -0.39 is 0 Å². The number of nitrogens with zero attached hydrogens (tertiary/aromatic N) is 1. The summed E-state index contributed by atoms with van der Waals surface area (Å²) in [5.41, 5.74) is 1.93. The quantitative estimate of drug-likeness (QED) is 0.901. The predicted octanol–water partition coefficient (Wildman–Crippen LogP) is 3.77. The van der Waals surface area contributed by atoms with E-state index in [1.165, 1.54) is 6.07 Å². The van der Waals surface area contributed by atoms with Crippen LogP contribution in [-0.4, -0.2) is 11.5 Å². The SMILES string of the molecule is CCNC(Cc1cccc(F)c1)c1ccncc1Cl. The molecule has 0 saturated heterocycles. The van der Waals surface area contributed by atoms with Gasteiger partial charge in [0.1, 0.15) is 5.82 Å². The lowest BCUT2D eigenvalue weighted by atomic mass is 9.99. The average molecular weight is 279 g/mol. The van der Waals surface area contributed by atoms with Crippen LogP contribution in [0.4, 0.5) is 4.39 Å². The average Bonchev–Trinajstić information content (AvgIpc) is 2.39. The molecular formula is C15H16ClFN2. The van der Waals surface area contributed by atoms with Gasteiger partial charge in [-0.3, -0.25) is 4.98 Å². The Bertz CT molecular complexity index is 545. The van der Waals surface area contributed by atoms with Gasteiger partial charge in [0.05, 0.1) is 5.02 Å². The number of benzene rings is 1. The van der Waals surface area contributed by atoms with Gasteiger partial charge in [-0.1, -0.05) is 30.7 Å². The van der Waals surface area contributed by atoms with Crippen molar-refractivity contribution in [1.82, 2.24) is 10.3 Å². The number of pyridine rings is 1. The third-order valence-electron chi connectivity index (χ3n) is 2.96. The fourth-order valence-electron chi connectivity index (χ4n) is 2.11. The number of likely N-dealkylation sites (N-methyl/N-ethyl adjacent to an activating group) is 1. The van der Waals surface area contributed by atoms with Crippen molar-refractivity contribution in [3.05, 3.63) is 64.7 Å². The number of hydrogen-bond acceptors (Lipinski definition) is 2. The molecule has 0 saturated carbocycles. The van der Waals surface area contributed by atoms with Crippen LogP contribution in [0.25, 0.3) is 0 Å². The van der Waals surface area contributed by atoms with Gasteiger partial charge >= 0.3 is 0 Å². The van der Waals surface area contributed by atoms with E-state index in [9.17, 15) is 4.39 Å². The molecule has 0 aliphatic heterocycles. The largest absolute Gasteiger partial charge is 0.310 e. The van der Waals surface area contributed by atoms with Crippen LogP contribution in [0.15, 0.2) is 42.7 Å². The Kier molecular flexibility index (Phi) is 4.88. The maximum atomic E-state index is 13.2. The van der Waals surface area contributed by atoms with Gasteiger partial charge in [-0.05, 0) is 42.3 Å². The molecule has 0 aliphatic carbocycles. The van der Waals surface area contributed by atoms with Crippen LogP contribution in [0.1, 0.15) is 24.1 Å². The summed E-state index contributed by atoms with van der Waals surface area (Å²) in [5, 5.41) is 4.00. The minimum atomic E-state index is -0.214. The van der Waals surface area contributed by atoms with Crippen molar-refractivity contribution in [2.24, 2.45) is 0 Å². The number of nitrogens with one attached hydrogen (secondary N) is 1. The molecule has 0 amide bonds. The zero-order valence-corrected chi connectivity index (χ0v) is 11.5. The highest BCUT2D eigenvalue weighted by molar-refractivity contribution is 6.31. The van der Waals surface area contributed by atoms with Gasteiger partial charge in [-0.15, -0.1) is 0 Å². The van der Waals surface area contributed by atoms with Crippen molar-refractivity contribution in [3.8, 4) is 0 Å². The van der Waals surface area contributed by atoms with Crippen LogP contribution in [0, 0.1) is 5.82 Å². The Balaban J connectivity index is 2.24. The standard InChI is InChI=1S/C15H16ClFN2/c1-2-19-15(13-6-7-18-10-14(13)16)9-11-4-3-5-12(17)8-11/h3-8,10,15,19H,2,9H2,1H3. The predicted molar refractivity (Wildman–Crippen MR) is 75.8 cm³/mol. The van der Waals surface area contributed by atoms with E-state index in [0.29, 0.717) is 11.4 Å². The molecule has 1 heterocycles. The first kappa shape index (κ1) is 14.0. The summed E-state index contributed by atoms with van der Waals surface area (Å²) in [6.07, 6.45) is 4.04. The topological polar surface area (TPSA) is 24.9 Å². The second kappa shape index (κ2) is 6.64. The lowest BCUT2D eigenvalue weighted by Crippen LogP contribution is -2.23. The molecule has 1 aromatic carbocycles. The summed E-state index contributed by atoms with van der Waals surface area (Å²) < 4.78 is 13.2. The first-order valence-electron chi connectivity index (χ1n) is 6.28. The van der Waals surface area contributed by atoms with Gasteiger partial charge in [-0.2, -0.15) is 0 Å². The summed E-state index contributed by atoms with van der Waals surface area (Å²) in [5.74, 6) is -0.214. The van der Waals surface area contributed by atoms with E-state index in [-0.39, 0.29) is 11.9 Å². The van der Waals surface area contributed by atoms with Gasteiger partial charge in [0.25, 0.3) is 0 Å². The monoisotopic (exact) mass is 278 g/mol. The maximum Gasteiger partial charge on any atom is 0.123 e. The molecule has 2 nitrogen and oxygen atoms in total. The second-order valence-corrected chi connectivity index (χ2v) is 4.75. The molecule has 0 spiro atoms. The Labute approximate surface area is 117 Å². The van der Waals surface area contributed by atoms with E-state index >= 15 is 0 Å². The molecule has 2 rings (SSSR count). The van der Waals surface area contributed by atoms with Crippen molar-refractivity contribution >= 4 is 11.6 Å². The zero-order valence-electron chi connectivity index (χ0n) is 10.7. The summed E-state index contributed by atoms with van der Waals surface area (Å²) in [6, 6.07) is 8.60. The van der Waals surface area contributed by atoms with E-state index in [0.717, 1.165) is 17.7 Å². The Morgan fingerprint density at radius 2 is 2.21 bits per heavy atom. The molecule has 0 radical (unpaired) electrons. The highest BCUT2D eigenvalue weighted by Gasteiger charge is 2.14. The highest BCUT2D eigenvalue weighted by Crippen LogP contribution is 2.25. The van der Waals surface area contributed by atoms with Crippen molar-refractivity contribution in [2.45, 2.75) is 19.4 Å².